The molecule has 2 rings (SSSR count). The van der Waals surface area contributed by atoms with Gasteiger partial charge in [-0.1, -0.05) is 0 Å². The average molecular weight is 229 g/mol. The topological polar surface area (TPSA) is 50.7 Å². The first-order valence-corrected chi connectivity index (χ1v) is 6.41. The Kier molecular flexibility index (Phi) is 5.03. The van der Waals surface area contributed by atoms with Crippen LogP contribution in [0.3, 0.4) is 0 Å². The summed E-state index contributed by atoms with van der Waals surface area (Å²) in [6, 6.07) is 0.868. The fraction of sp³-hybridized carbons (Fsp3) is 1.00. The smallest absolute Gasteiger partial charge is 0.0585 e. The average Bonchev–Trinajstić information content (AvgIpc) is 2.96. The van der Waals surface area contributed by atoms with E-state index in [0.717, 1.165) is 39.3 Å². The Morgan fingerprint density at radius 1 is 1.38 bits per heavy atom. The molecule has 2 atom stereocenters. The van der Waals surface area contributed by atoms with Crippen LogP contribution >= 0.6 is 0 Å². The van der Waals surface area contributed by atoms with Crippen LogP contribution in [-0.4, -0.2) is 50.2 Å². The van der Waals surface area contributed by atoms with Gasteiger partial charge in [0, 0.05) is 31.2 Å². The molecule has 2 aliphatic rings. The summed E-state index contributed by atoms with van der Waals surface area (Å²) in [4.78, 5) is 0. The van der Waals surface area contributed by atoms with Crippen LogP contribution in [0.2, 0.25) is 0 Å². The molecule has 0 aromatic rings. The van der Waals surface area contributed by atoms with Crippen molar-refractivity contribution in [2.24, 2.45) is 5.92 Å². The molecule has 2 unspecified atom stereocenters. The van der Waals surface area contributed by atoms with Gasteiger partial charge >= 0.3 is 0 Å². The number of ether oxygens (including phenoxy) is 2. The summed E-state index contributed by atoms with van der Waals surface area (Å²) in [5, 5.41) is 12.6. The normalized spacial score (nSPS) is 27.2. The molecule has 1 aliphatic carbocycles. The molecule has 16 heavy (non-hydrogen) atoms. The maximum absolute atomic E-state index is 9.18. The fourth-order valence-corrected chi connectivity index (χ4v) is 2.00. The van der Waals surface area contributed by atoms with E-state index >= 15 is 0 Å². The van der Waals surface area contributed by atoms with Gasteiger partial charge in [-0.05, 0) is 25.7 Å². The van der Waals surface area contributed by atoms with Gasteiger partial charge in [0.2, 0.25) is 0 Å². The first kappa shape index (κ1) is 12.3. The molecule has 0 amide bonds. The summed E-state index contributed by atoms with van der Waals surface area (Å²) in [5.74, 6) is 0.587. The van der Waals surface area contributed by atoms with Crippen LogP contribution in [0.4, 0.5) is 0 Å². The zero-order valence-corrected chi connectivity index (χ0v) is 9.86. The summed E-state index contributed by atoms with van der Waals surface area (Å²) in [7, 11) is 0. The van der Waals surface area contributed by atoms with Gasteiger partial charge < -0.3 is 19.9 Å². The number of hydrogen-bond donors (Lipinski definition) is 2. The van der Waals surface area contributed by atoms with Crippen molar-refractivity contribution in [3.63, 3.8) is 0 Å². The Labute approximate surface area is 97.3 Å². The molecule has 0 radical (unpaired) electrons. The molecule has 1 saturated carbocycles. The third kappa shape index (κ3) is 4.37. The van der Waals surface area contributed by atoms with Gasteiger partial charge in [0.15, 0.2) is 0 Å². The second-order valence-corrected chi connectivity index (χ2v) is 4.91. The Balaban J connectivity index is 1.48. The molecular formula is C12H23NO3. The van der Waals surface area contributed by atoms with Crippen molar-refractivity contribution in [2.75, 3.05) is 33.0 Å². The van der Waals surface area contributed by atoms with E-state index in [-0.39, 0.29) is 12.6 Å². The van der Waals surface area contributed by atoms with E-state index in [4.69, 9.17) is 9.47 Å². The minimum atomic E-state index is 0.215. The summed E-state index contributed by atoms with van der Waals surface area (Å²) in [6.45, 7) is 3.50. The molecule has 2 N–H and O–H groups in total. The lowest BCUT2D eigenvalue weighted by Crippen LogP contribution is -2.35. The molecule has 0 aromatic carbocycles. The first-order chi connectivity index (χ1) is 7.88. The van der Waals surface area contributed by atoms with Crippen molar-refractivity contribution in [3.05, 3.63) is 0 Å². The second kappa shape index (κ2) is 6.55. The number of hydrogen-bond acceptors (Lipinski definition) is 4. The number of aliphatic hydroxyl groups excluding tert-OH is 1. The van der Waals surface area contributed by atoms with E-state index in [1.807, 2.05) is 0 Å². The first-order valence-electron chi connectivity index (χ1n) is 6.41. The van der Waals surface area contributed by atoms with Gasteiger partial charge in [-0.3, -0.25) is 0 Å². The highest BCUT2D eigenvalue weighted by Gasteiger charge is 2.24. The Hall–Kier alpha value is -0.160. The molecule has 1 heterocycles. The molecule has 0 aromatic heterocycles. The largest absolute Gasteiger partial charge is 0.395 e. The van der Waals surface area contributed by atoms with E-state index in [9.17, 15) is 5.11 Å². The van der Waals surface area contributed by atoms with Crippen LogP contribution in [0.1, 0.15) is 25.7 Å². The fourth-order valence-electron chi connectivity index (χ4n) is 2.00. The van der Waals surface area contributed by atoms with Gasteiger partial charge in [-0.15, -0.1) is 0 Å². The summed E-state index contributed by atoms with van der Waals surface area (Å²) in [6.07, 6.45) is 4.55. The Morgan fingerprint density at radius 2 is 2.25 bits per heavy atom. The number of aliphatic hydroxyl groups is 1. The van der Waals surface area contributed by atoms with Crippen LogP contribution in [0.15, 0.2) is 0 Å². The van der Waals surface area contributed by atoms with Crippen molar-refractivity contribution in [2.45, 2.75) is 37.8 Å². The maximum Gasteiger partial charge on any atom is 0.0585 e. The van der Waals surface area contributed by atoms with Crippen LogP contribution in [0.5, 0.6) is 0 Å². The van der Waals surface area contributed by atoms with Crippen LogP contribution in [0, 0.1) is 5.92 Å². The van der Waals surface area contributed by atoms with Crippen LogP contribution < -0.4 is 5.32 Å². The van der Waals surface area contributed by atoms with E-state index in [2.05, 4.69) is 5.32 Å². The molecule has 0 bridgehead atoms. The highest BCUT2D eigenvalue weighted by molar-refractivity contribution is 4.84. The molecule has 1 aliphatic heterocycles. The number of rotatable bonds is 8. The highest BCUT2D eigenvalue weighted by Crippen LogP contribution is 2.20. The van der Waals surface area contributed by atoms with Crippen molar-refractivity contribution in [1.82, 2.24) is 5.32 Å². The summed E-state index contributed by atoms with van der Waals surface area (Å²) >= 11 is 0. The van der Waals surface area contributed by atoms with Gasteiger partial charge in [-0.2, -0.15) is 0 Å². The minimum absolute atomic E-state index is 0.215. The van der Waals surface area contributed by atoms with Gasteiger partial charge in [0.25, 0.3) is 0 Å². The van der Waals surface area contributed by atoms with Gasteiger partial charge in [0.1, 0.15) is 0 Å². The van der Waals surface area contributed by atoms with Crippen molar-refractivity contribution < 1.29 is 14.6 Å². The zero-order valence-electron chi connectivity index (χ0n) is 9.86. The van der Waals surface area contributed by atoms with Crippen molar-refractivity contribution in [1.29, 1.82) is 0 Å². The quantitative estimate of drug-likeness (QED) is 0.597. The molecule has 2 fully saturated rings. The lowest BCUT2D eigenvalue weighted by molar-refractivity contribution is 0.0782. The SMILES string of the molecule is OCC(CCOCC1CCOC1)NC1CC1. The molecule has 0 spiro atoms. The third-order valence-electron chi connectivity index (χ3n) is 3.26. The minimum Gasteiger partial charge on any atom is -0.395 e. The molecule has 4 heteroatoms. The van der Waals surface area contributed by atoms with Gasteiger partial charge in [-0.25, -0.2) is 0 Å². The Morgan fingerprint density at radius 3 is 2.88 bits per heavy atom. The maximum atomic E-state index is 9.18. The van der Waals surface area contributed by atoms with Crippen molar-refractivity contribution >= 4 is 0 Å². The van der Waals surface area contributed by atoms with E-state index in [1.165, 1.54) is 12.8 Å². The summed E-state index contributed by atoms with van der Waals surface area (Å²) < 4.78 is 10.9. The second-order valence-electron chi connectivity index (χ2n) is 4.91. The van der Waals surface area contributed by atoms with Crippen molar-refractivity contribution in [3.8, 4) is 0 Å². The lowest BCUT2D eigenvalue weighted by Gasteiger charge is -2.16. The predicted molar refractivity (Wildman–Crippen MR) is 61.4 cm³/mol. The lowest BCUT2D eigenvalue weighted by atomic mass is 10.1. The Bertz CT molecular complexity index is 191. The van der Waals surface area contributed by atoms with Gasteiger partial charge in [0.05, 0.1) is 19.8 Å². The van der Waals surface area contributed by atoms with E-state index in [1.54, 1.807) is 0 Å². The zero-order chi connectivity index (χ0) is 11.2. The van der Waals surface area contributed by atoms with E-state index in [0.29, 0.717) is 12.0 Å². The highest BCUT2D eigenvalue weighted by atomic mass is 16.5. The third-order valence-corrected chi connectivity index (χ3v) is 3.26. The predicted octanol–water partition coefficient (Wildman–Crippen LogP) is 0.542. The van der Waals surface area contributed by atoms with Crippen LogP contribution in [-0.2, 0) is 9.47 Å². The molecule has 1 saturated heterocycles. The molecule has 94 valence electrons. The summed E-state index contributed by atoms with van der Waals surface area (Å²) in [5.41, 5.74) is 0. The molecular weight excluding hydrogens is 206 g/mol. The number of nitrogens with one attached hydrogen (secondary N) is 1. The monoisotopic (exact) mass is 229 g/mol. The van der Waals surface area contributed by atoms with E-state index < -0.39 is 0 Å². The standard InChI is InChI=1S/C12H23NO3/c14-7-12(13-11-1-2-11)4-6-16-9-10-3-5-15-8-10/h10-14H,1-9H2. The van der Waals surface area contributed by atoms with Crippen LogP contribution in [0.25, 0.3) is 0 Å². The molecule has 4 nitrogen and oxygen atoms in total.